The van der Waals surface area contributed by atoms with Crippen LogP contribution in [0.3, 0.4) is 0 Å². The van der Waals surface area contributed by atoms with Crippen LogP contribution < -0.4 is 5.32 Å². The average molecular weight is 384 g/mol. The molecule has 29 heavy (non-hydrogen) atoms. The Morgan fingerprint density at radius 3 is 2.38 bits per heavy atom. The molecule has 0 saturated heterocycles. The highest BCUT2D eigenvalue weighted by Gasteiger charge is 2.19. The summed E-state index contributed by atoms with van der Waals surface area (Å²) in [7, 11) is 1.74. The summed E-state index contributed by atoms with van der Waals surface area (Å²) in [6, 6.07) is 25.9. The molecule has 5 heteroatoms. The predicted molar refractivity (Wildman–Crippen MR) is 113 cm³/mol. The molecule has 0 bridgehead atoms. The highest BCUT2D eigenvalue weighted by molar-refractivity contribution is 6.09. The smallest absolute Gasteiger partial charge is 0.291 e. The summed E-state index contributed by atoms with van der Waals surface area (Å²) in [5.41, 5.74) is 2.55. The Kier molecular flexibility index (Phi) is 5.12. The largest absolute Gasteiger partial charge is 0.451 e. The molecule has 2 amide bonds. The number of carbonyl (C=O) groups is 2. The van der Waals surface area contributed by atoms with Crippen LogP contribution in [0.1, 0.15) is 26.5 Å². The predicted octanol–water partition coefficient (Wildman–Crippen LogP) is 4.96. The molecule has 0 aliphatic carbocycles. The van der Waals surface area contributed by atoms with Crippen molar-refractivity contribution in [2.75, 3.05) is 12.4 Å². The maximum Gasteiger partial charge on any atom is 0.291 e. The van der Waals surface area contributed by atoms with Gasteiger partial charge in [0.05, 0.1) is 11.3 Å². The lowest BCUT2D eigenvalue weighted by Gasteiger charge is -2.19. The number of furan rings is 1. The second-order valence-electron chi connectivity index (χ2n) is 6.79. The lowest BCUT2D eigenvalue weighted by Crippen LogP contribution is -2.27. The van der Waals surface area contributed by atoms with Gasteiger partial charge in [0.15, 0.2) is 5.76 Å². The molecule has 3 aromatic carbocycles. The first-order valence-electron chi connectivity index (χ1n) is 9.30. The Hall–Kier alpha value is -3.86. The maximum atomic E-state index is 13.0. The van der Waals surface area contributed by atoms with Gasteiger partial charge in [-0.25, -0.2) is 0 Å². The Balaban J connectivity index is 1.54. The molecule has 1 heterocycles. The monoisotopic (exact) mass is 384 g/mol. The molecule has 0 aliphatic rings. The molecule has 0 radical (unpaired) electrons. The standard InChI is InChI=1S/C24H20N2O3/c1-26(16-17-9-3-2-4-10-17)24(28)19-12-6-7-13-20(19)25-23(27)22-15-18-11-5-8-14-21(18)29-22/h2-15H,16H2,1H3,(H,25,27). The van der Waals surface area contributed by atoms with Crippen molar-refractivity contribution in [3.63, 3.8) is 0 Å². The van der Waals surface area contributed by atoms with Crippen LogP contribution in [0.15, 0.2) is 89.3 Å². The van der Waals surface area contributed by atoms with Crippen molar-refractivity contribution >= 4 is 28.5 Å². The van der Waals surface area contributed by atoms with Gasteiger partial charge in [-0.1, -0.05) is 60.7 Å². The third-order valence-corrected chi connectivity index (χ3v) is 4.66. The molecule has 0 spiro atoms. The van der Waals surface area contributed by atoms with E-state index >= 15 is 0 Å². The van der Waals surface area contributed by atoms with Gasteiger partial charge in [-0.3, -0.25) is 9.59 Å². The minimum absolute atomic E-state index is 0.172. The Morgan fingerprint density at radius 2 is 1.59 bits per heavy atom. The molecule has 1 N–H and O–H groups in total. The van der Waals surface area contributed by atoms with E-state index in [2.05, 4.69) is 5.32 Å². The highest BCUT2D eigenvalue weighted by atomic mass is 16.3. The number of fused-ring (bicyclic) bond motifs is 1. The van der Waals surface area contributed by atoms with E-state index in [1.807, 2.05) is 54.6 Å². The van der Waals surface area contributed by atoms with E-state index in [0.717, 1.165) is 10.9 Å². The first kappa shape index (κ1) is 18.5. The van der Waals surface area contributed by atoms with Crippen LogP contribution in [-0.2, 0) is 6.54 Å². The minimum Gasteiger partial charge on any atom is -0.451 e. The molecule has 0 aliphatic heterocycles. The van der Waals surface area contributed by atoms with E-state index in [1.165, 1.54) is 0 Å². The van der Waals surface area contributed by atoms with Crippen LogP contribution in [-0.4, -0.2) is 23.8 Å². The summed E-state index contributed by atoms with van der Waals surface area (Å²) in [5.74, 6) is -0.368. The summed E-state index contributed by atoms with van der Waals surface area (Å²) < 4.78 is 5.62. The molecule has 4 rings (SSSR count). The quantitative estimate of drug-likeness (QED) is 0.529. The molecule has 1 aromatic heterocycles. The first-order chi connectivity index (χ1) is 14.1. The minimum atomic E-state index is -0.396. The van der Waals surface area contributed by atoms with Crippen molar-refractivity contribution in [2.24, 2.45) is 0 Å². The number of hydrogen-bond acceptors (Lipinski definition) is 3. The van der Waals surface area contributed by atoms with Crippen molar-refractivity contribution in [3.05, 3.63) is 102 Å². The van der Waals surface area contributed by atoms with Crippen LogP contribution in [0.4, 0.5) is 5.69 Å². The van der Waals surface area contributed by atoms with Gasteiger partial charge in [-0.2, -0.15) is 0 Å². The van der Waals surface area contributed by atoms with Gasteiger partial charge in [-0.15, -0.1) is 0 Å². The zero-order valence-corrected chi connectivity index (χ0v) is 16.0. The molecule has 0 atom stereocenters. The number of hydrogen-bond donors (Lipinski definition) is 1. The van der Waals surface area contributed by atoms with Gasteiger partial charge in [0.2, 0.25) is 0 Å². The van der Waals surface area contributed by atoms with E-state index in [0.29, 0.717) is 23.4 Å². The number of para-hydroxylation sites is 2. The second kappa shape index (κ2) is 8.02. The fourth-order valence-electron chi connectivity index (χ4n) is 3.19. The Bertz CT molecular complexity index is 1130. The third kappa shape index (κ3) is 4.04. The molecule has 0 unspecified atom stereocenters. The van der Waals surface area contributed by atoms with E-state index < -0.39 is 5.91 Å². The average Bonchev–Trinajstić information content (AvgIpc) is 3.19. The maximum absolute atomic E-state index is 13.0. The third-order valence-electron chi connectivity index (χ3n) is 4.66. The lowest BCUT2D eigenvalue weighted by molar-refractivity contribution is 0.0786. The van der Waals surface area contributed by atoms with Crippen LogP contribution >= 0.6 is 0 Å². The normalized spacial score (nSPS) is 10.7. The van der Waals surface area contributed by atoms with Crippen molar-refractivity contribution < 1.29 is 14.0 Å². The lowest BCUT2D eigenvalue weighted by atomic mass is 10.1. The summed E-state index contributed by atoms with van der Waals surface area (Å²) in [5, 5.41) is 3.66. The van der Waals surface area contributed by atoms with E-state index in [1.54, 1.807) is 42.3 Å². The molecule has 5 nitrogen and oxygen atoms in total. The van der Waals surface area contributed by atoms with Gasteiger partial charge in [0.25, 0.3) is 11.8 Å². The van der Waals surface area contributed by atoms with Crippen molar-refractivity contribution in [2.45, 2.75) is 6.54 Å². The van der Waals surface area contributed by atoms with Crippen molar-refractivity contribution in [1.82, 2.24) is 4.90 Å². The molecular weight excluding hydrogens is 364 g/mol. The number of amides is 2. The SMILES string of the molecule is CN(Cc1ccccc1)C(=O)c1ccccc1NC(=O)c1cc2ccccc2o1. The zero-order chi connectivity index (χ0) is 20.2. The Morgan fingerprint density at radius 1 is 0.897 bits per heavy atom. The number of anilines is 1. The highest BCUT2D eigenvalue weighted by Crippen LogP contribution is 2.22. The second-order valence-corrected chi connectivity index (χ2v) is 6.79. The van der Waals surface area contributed by atoms with Crippen LogP contribution in [0, 0.1) is 0 Å². The fraction of sp³-hybridized carbons (Fsp3) is 0.0833. The van der Waals surface area contributed by atoms with Gasteiger partial charge < -0.3 is 14.6 Å². The van der Waals surface area contributed by atoms with Crippen LogP contribution in [0.25, 0.3) is 11.0 Å². The van der Waals surface area contributed by atoms with Gasteiger partial charge in [0.1, 0.15) is 5.58 Å². The van der Waals surface area contributed by atoms with Crippen LogP contribution in [0.5, 0.6) is 0 Å². The van der Waals surface area contributed by atoms with Gasteiger partial charge >= 0.3 is 0 Å². The van der Waals surface area contributed by atoms with E-state index in [-0.39, 0.29) is 11.7 Å². The van der Waals surface area contributed by atoms with Crippen molar-refractivity contribution in [1.29, 1.82) is 0 Å². The fourth-order valence-corrected chi connectivity index (χ4v) is 3.19. The van der Waals surface area contributed by atoms with Crippen LogP contribution in [0.2, 0.25) is 0 Å². The summed E-state index contributed by atoms with van der Waals surface area (Å²) in [6.07, 6.45) is 0. The number of nitrogens with one attached hydrogen (secondary N) is 1. The molecule has 0 saturated carbocycles. The Labute approximate surface area is 168 Å². The first-order valence-corrected chi connectivity index (χ1v) is 9.30. The number of carbonyl (C=O) groups excluding carboxylic acids is 2. The van der Waals surface area contributed by atoms with Gasteiger partial charge in [-0.05, 0) is 29.8 Å². The number of rotatable bonds is 5. The zero-order valence-electron chi connectivity index (χ0n) is 16.0. The summed E-state index contributed by atoms with van der Waals surface area (Å²) >= 11 is 0. The number of nitrogens with zero attached hydrogens (tertiary/aromatic N) is 1. The molecule has 144 valence electrons. The molecular formula is C24H20N2O3. The molecule has 4 aromatic rings. The van der Waals surface area contributed by atoms with Crippen molar-refractivity contribution in [3.8, 4) is 0 Å². The topological polar surface area (TPSA) is 62.6 Å². The van der Waals surface area contributed by atoms with Gasteiger partial charge in [0, 0.05) is 19.0 Å². The van der Waals surface area contributed by atoms with E-state index in [9.17, 15) is 9.59 Å². The number of benzene rings is 3. The van der Waals surface area contributed by atoms with E-state index in [4.69, 9.17) is 4.42 Å². The molecule has 0 fully saturated rings. The summed E-state index contributed by atoms with van der Waals surface area (Å²) in [4.78, 5) is 27.3. The summed E-state index contributed by atoms with van der Waals surface area (Å²) in [6.45, 7) is 0.478.